The van der Waals surface area contributed by atoms with Crippen molar-refractivity contribution in [2.24, 2.45) is 11.6 Å². The number of hydrogen-bond donors (Lipinski definition) is 4. The molecule has 0 radical (unpaired) electrons. The van der Waals surface area contributed by atoms with Crippen molar-refractivity contribution in [3.63, 3.8) is 0 Å². The first kappa shape index (κ1) is 28.5. The minimum Gasteiger partial charge on any atom is -0.388 e. The number of carbonyl (C=O) groups excluding carboxylic acids is 1. The van der Waals surface area contributed by atoms with Gasteiger partial charge >= 0.3 is 0 Å². The molecule has 0 saturated carbocycles. The summed E-state index contributed by atoms with van der Waals surface area (Å²) in [7, 11) is 1.87. The molecule has 0 saturated heterocycles. The summed E-state index contributed by atoms with van der Waals surface area (Å²) in [5.74, 6) is 5.37. The second-order valence-corrected chi connectivity index (χ2v) is 6.93. The highest BCUT2D eigenvalue weighted by Crippen LogP contribution is 2.27. The molecular weight excluding hydrogens is 422 g/mol. The molecule has 1 atom stereocenters. The normalized spacial score (nSPS) is 11.6. The van der Waals surface area contributed by atoms with Gasteiger partial charge in [0.2, 0.25) is 0 Å². The van der Waals surface area contributed by atoms with E-state index in [2.05, 4.69) is 33.9 Å². The van der Waals surface area contributed by atoms with Crippen LogP contribution in [-0.2, 0) is 0 Å². The lowest BCUT2D eigenvalue weighted by molar-refractivity contribution is 0.112. The molecule has 6 nitrogen and oxygen atoms in total. The Labute approximate surface area is 203 Å². The van der Waals surface area contributed by atoms with Gasteiger partial charge in [-0.05, 0) is 42.7 Å². The number of aromatic nitrogens is 1. The number of carbonyl (C=O) groups is 1. The number of nitrogens with one attached hydrogen (secondary N) is 2. The fraction of sp³-hybridized carbons (Fsp3) is 0.214. The zero-order valence-electron chi connectivity index (χ0n) is 20.7. The van der Waals surface area contributed by atoms with Crippen LogP contribution in [0.2, 0.25) is 0 Å². The van der Waals surface area contributed by atoms with Crippen LogP contribution < -0.4 is 22.3 Å². The van der Waals surface area contributed by atoms with Gasteiger partial charge < -0.3 is 11.1 Å². The van der Waals surface area contributed by atoms with Gasteiger partial charge in [-0.3, -0.25) is 15.6 Å². The number of anilines is 1. The SMILES string of the molecule is C/C=C\C(=C/C)c1cncc(C=O)c1.CC.CNc1cc(-c2ccccc2)ccc1C(N)NN. The molecule has 2 aromatic carbocycles. The van der Waals surface area contributed by atoms with Gasteiger partial charge in [0.15, 0.2) is 6.29 Å². The van der Waals surface area contributed by atoms with Crippen LogP contribution in [0.15, 0.2) is 85.2 Å². The number of benzene rings is 2. The Morgan fingerprint density at radius 3 is 2.26 bits per heavy atom. The van der Waals surface area contributed by atoms with E-state index in [4.69, 9.17) is 11.6 Å². The van der Waals surface area contributed by atoms with Crippen LogP contribution in [0.3, 0.4) is 0 Å². The number of nitrogens with zero attached hydrogens (tertiary/aromatic N) is 1. The van der Waals surface area contributed by atoms with Gasteiger partial charge in [-0.25, -0.2) is 5.43 Å². The van der Waals surface area contributed by atoms with Gasteiger partial charge in [0.1, 0.15) is 0 Å². The average Bonchev–Trinajstić information content (AvgIpc) is 2.92. The molecule has 1 heterocycles. The Kier molecular flexibility index (Phi) is 13.5. The van der Waals surface area contributed by atoms with Gasteiger partial charge in [0.25, 0.3) is 0 Å². The summed E-state index contributed by atoms with van der Waals surface area (Å²) < 4.78 is 0. The first-order valence-corrected chi connectivity index (χ1v) is 11.4. The van der Waals surface area contributed by atoms with E-state index in [0.717, 1.165) is 34.2 Å². The minimum atomic E-state index is -0.378. The standard InChI is InChI=1S/C14H18N4.C12H13NO.C2H6/c1-17-13-9-11(10-5-3-2-4-6-10)7-8-12(13)14(15)18-16;1-3-5-11(4-2)12-6-10(9-14)7-13-8-12;1-2/h2-9,14,17-18H,15-16H2,1H3;3-9H,1-2H3;1-2H3/b;5-3-,11-4+;. The van der Waals surface area contributed by atoms with Crippen LogP contribution in [0.5, 0.6) is 0 Å². The lowest BCUT2D eigenvalue weighted by atomic mass is 10.0. The first-order valence-electron chi connectivity index (χ1n) is 11.4. The molecule has 0 aliphatic heterocycles. The monoisotopic (exact) mass is 459 g/mol. The van der Waals surface area contributed by atoms with E-state index in [-0.39, 0.29) is 6.17 Å². The second kappa shape index (κ2) is 16.1. The van der Waals surface area contributed by atoms with Crippen LogP contribution in [0.1, 0.15) is 55.3 Å². The number of pyridine rings is 1. The van der Waals surface area contributed by atoms with Crippen LogP contribution in [0.25, 0.3) is 16.7 Å². The summed E-state index contributed by atoms with van der Waals surface area (Å²) in [6.07, 6.45) is 9.68. The maximum Gasteiger partial charge on any atom is 0.151 e. The molecule has 0 bridgehead atoms. The Morgan fingerprint density at radius 1 is 1.00 bits per heavy atom. The van der Waals surface area contributed by atoms with E-state index in [1.807, 2.05) is 89.4 Å². The summed E-state index contributed by atoms with van der Waals surface area (Å²) in [6.45, 7) is 7.92. The van der Waals surface area contributed by atoms with Gasteiger partial charge in [-0.1, -0.05) is 74.5 Å². The highest BCUT2D eigenvalue weighted by molar-refractivity contribution is 5.79. The van der Waals surface area contributed by atoms with Crippen molar-refractivity contribution < 1.29 is 4.79 Å². The van der Waals surface area contributed by atoms with E-state index in [1.54, 1.807) is 12.4 Å². The second-order valence-electron chi connectivity index (χ2n) is 6.93. The van der Waals surface area contributed by atoms with Gasteiger partial charge in [0, 0.05) is 41.8 Å². The van der Waals surface area contributed by atoms with Crippen molar-refractivity contribution in [1.29, 1.82) is 0 Å². The Hall–Kier alpha value is -3.58. The molecule has 0 spiro atoms. The highest BCUT2D eigenvalue weighted by Gasteiger charge is 2.10. The third-order valence-electron chi connectivity index (χ3n) is 4.83. The minimum absolute atomic E-state index is 0.378. The fourth-order valence-electron chi connectivity index (χ4n) is 3.16. The molecule has 0 aliphatic carbocycles. The smallest absolute Gasteiger partial charge is 0.151 e. The Bertz CT molecular complexity index is 1060. The first-order chi connectivity index (χ1) is 16.6. The third-order valence-corrected chi connectivity index (χ3v) is 4.83. The van der Waals surface area contributed by atoms with E-state index in [9.17, 15) is 4.79 Å². The molecule has 1 unspecified atom stereocenters. The predicted molar refractivity (Wildman–Crippen MR) is 145 cm³/mol. The van der Waals surface area contributed by atoms with Crippen molar-refractivity contribution in [1.82, 2.24) is 10.4 Å². The van der Waals surface area contributed by atoms with Crippen molar-refractivity contribution in [2.75, 3.05) is 12.4 Å². The molecule has 0 fully saturated rings. The number of allylic oxidation sites excluding steroid dienone is 4. The molecule has 3 rings (SSSR count). The van der Waals surface area contributed by atoms with Crippen LogP contribution >= 0.6 is 0 Å². The van der Waals surface area contributed by atoms with E-state index >= 15 is 0 Å². The summed E-state index contributed by atoms with van der Waals surface area (Å²) in [5.41, 5.74) is 15.3. The zero-order chi connectivity index (χ0) is 25.3. The van der Waals surface area contributed by atoms with E-state index < -0.39 is 0 Å². The van der Waals surface area contributed by atoms with Crippen LogP contribution in [-0.4, -0.2) is 18.3 Å². The van der Waals surface area contributed by atoms with Gasteiger partial charge in [-0.2, -0.15) is 0 Å². The number of rotatable bonds is 7. The van der Waals surface area contributed by atoms with Crippen LogP contribution in [0, 0.1) is 0 Å². The van der Waals surface area contributed by atoms with Gasteiger partial charge in [0.05, 0.1) is 6.17 Å². The Morgan fingerprint density at radius 2 is 1.71 bits per heavy atom. The van der Waals surface area contributed by atoms with E-state index in [0.29, 0.717) is 5.56 Å². The number of nitrogens with two attached hydrogens (primary N) is 2. The molecule has 0 aliphatic rings. The van der Waals surface area contributed by atoms with Crippen molar-refractivity contribution in [2.45, 2.75) is 33.9 Å². The number of hydrogen-bond acceptors (Lipinski definition) is 6. The number of hydrazine groups is 1. The van der Waals surface area contributed by atoms with Crippen molar-refractivity contribution in [3.05, 3.63) is 102 Å². The third kappa shape index (κ3) is 8.41. The predicted octanol–water partition coefficient (Wildman–Crippen LogP) is 5.72. The maximum absolute atomic E-state index is 10.6. The lowest BCUT2D eigenvalue weighted by Gasteiger charge is -2.16. The molecule has 180 valence electrons. The lowest BCUT2D eigenvalue weighted by Crippen LogP contribution is -2.34. The quantitative estimate of drug-likeness (QED) is 0.118. The molecule has 3 aromatic rings. The summed E-state index contributed by atoms with van der Waals surface area (Å²) >= 11 is 0. The van der Waals surface area contributed by atoms with Crippen molar-refractivity contribution in [3.8, 4) is 11.1 Å². The fourth-order valence-corrected chi connectivity index (χ4v) is 3.16. The molecule has 34 heavy (non-hydrogen) atoms. The summed E-state index contributed by atoms with van der Waals surface area (Å²) in [6, 6.07) is 18.1. The Balaban J connectivity index is 0.000000326. The molecule has 1 aromatic heterocycles. The molecule has 0 amide bonds. The van der Waals surface area contributed by atoms with Gasteiger partial charge in [-0.15, -0.1) is 0 Å². The molecule has 6 N–H and O–H groups in total. The van der Waals surface area contributed by atoms with Crippen LogP contribution in [0.4, 0.5) is 5.69 Å². The topological polar surface area (TPSA) is 106 Å². The summed E-state index contributed by atoms with van der Waals surface area (Å²) in [4.78, 5) is 14.6. The van der Waals surface area contributed by atoms with Crippen molar-refractivity contribution >= 4 is 17.5 Å². The molecular formula is C28H37N5O. The average molecular weight is 460 g/mol. The molecule has 6 heteroatoms. The maximum atomic E-state index is 10.6. The summed E-state index contributed by atoms with van der Waals surface area (Å²) in [5, 5.41) is 3.15. The largest absolute Gasteiger partial charge is 0.388 e. The van der Waals surface area contributed by atoms with E-state index in [1.165, 1.54) is 5.56 Å². The number of aldehydes is 1. The highest BCUT2D eigenvalue weighted by atomic mass is 16.1. The zero-order valence-corrected chi connectivity index (χ0v) is 20.7.